The maximum absolute atomic E-state index is 12.2. The number of nitrogen functional groups attached to an aromatic ring is 1. The fourth-order valence-electron chi connectivity index (χ4n) is 2.42. The fraction of sp³-hybridized carbons (Fsp3) is 0.167. The molecule has 0 aliphatic rings. The molecule has 3 rings (SSSR count). The highest BCUT2D eigenvalue weighted by Crippen LogP contribution is 2.33. The van der Waals surface area contributed by atoms with Crippen LogP contribution in [0.15, 0.2) is 47.6 Å². The third kappa shape index (κ3) is 4.32. The second kappa shape index (κ2) is 8.85. The number of thioether (sulfide) groups is 1. The van der Waals surface area contributed by atoms with Gasteiger partial charge in [0.15, 0.2) is 5.82 Å². The molecule has 0 aliphatic heterocycles. The smallest absolute Gasteiger partial charge is 0.234 e. The van der Waals surface area contributed by atoms with E-state index in [2.05, 4.69) is 15.5 Å². The Labute approximate surface area is 171 Å². The number of ether oxygens (including phenoxy) is 2. The summed E-state index contributed by atoms with van der Waals surface area (Å²) in [4.78, 5) is 12.2. The zero-order valence-electron chi connectivity index (χ0n) is 15.2. The third-order valence-electron chi connectivity index (χ3n) is 3.79. The summed E-state index contributed by atoms with van der Waals surface area (Å²) in [5.41, 5.74) is 1.21. The van der Waals surface area contributed by atoms with Crippen LogP contribution in [0.3, 0.4) is 0 Å². The van der Waals surface area contributed by atoms with Gasteiger partial charge in [-0.15, -0.1) is 10.2 Å². The first-order valence-corrected chi connectivity index (χ1v) is 9.50. The van der Waals surface area contributed by atoms with E-state index in [9.17, 15) is 4.79 Å². The van der Waals surface area contributed by atoms with E-state index in [0.29, 0.717) is 38.8 Å². The molecule has 0 spiro atoms. The van der Waals surface area contributed by atoms with Crippen molar-refractivity contribution in [1.82, 2.24) is 14.9 Å². The number of nitrogens with two attached hydrogens (primary N) is 1. The molecule has 1 amide bonds. The molecule has 0 atom stereocenters. The van der Waals surface area contributed by atoms with Crippen LogP contribution in [0.1, 0.15) is 0 Å². The van der Waals surface area contributed by atoms with Gasteiger partial charge in [-0.1, -0.05) is 35.5 Å². The Morgan fingerprint density at radius 2 is 2.00 bits per heavy atom. The average molecular weight is 420 g/mol. The number of halogens is 1. The fourth-order valence-corrected chi connectivity index (χ4v) is 3.26. The number of anilines is 1. The normalized spacial score (nSPS) is 10.5. The summed E-state index contributed by atoms with van der Waals surface area (Å²) in [6, 6.07) is 12.3. The molecule has 0 saturated heterocycles. The van der Waals surface area contributed by atoms with Crippen molar-refractivity contribution in [2.75, 3.05) is 31.1 Å². The molecule has 3 aromatic rings. The molecule has 0 fully saturated rings. The van der Waals surface area contributed by atoms with Crippen LogP contribution in [-0.2, 0) is 4.79 Å². The number of methoxy groups -OCH3 is 2. The molecule has 10 heteroatoms. The number of hydrogen-bond acceptors (Lipinski definition) is 7. The van der Waals surface area contributed by atoms with Crippen molar-refractivity contribution in [3.8, 4) is 22.9 Å². The summed E-state index contributed by atoms with van der Waals surface area (Å²) >= 11 is 7.20. The maximum Gasteiger partial charge on any atom is 0.234 e. The molecule has 28 heavy (non-hydrogen) atoms. The number of para-hydroxylation sites is 1. The molecule has 8 nitrogen and oxygen atoms in total. The summed E-state index contributed by atoms with van der Waals surface area (Å²) in [7, 11) is 3.12. The Kier molecular flexibility index (Phi) is 6.27. The van der Waals surface area contributed by atoms with Gasteiger partial charge in [0, 0.05) is 6.07 Å². The van der Waals surface area contributed by atoms with Gasteiger partial charge in [-0.05, 0) is 24.3 Å². The summed E-state index contributed by atoms with van der Waals surface area (Å²) in [5, 5.41) is 11.8. The van der Waals surface area contributed by atoms with Gasteiger partial charge >= 0.3 is 0 Å². The van der Waals surface area contributed by atoms with E-state index in [1.807, 2.05) is 0 Å². The van der Waals surface area contributed by atoms with Crippen molar-refractivity contribution < 1.29 is 14.3 Å². The van der Waals surface area contributed by atoms with Crippen LogP contribution in [0.4, 0.5) is 5.69 Å². The summed E-state index contributed by atoms with van der Waals surface area (Å²) < 4.78 is 11.9. The molecule has 3 N–H and O–H groups in total. The van der Waals surface area contributed by atoms with Crippen LogP contribution in [-0.4, -0.2) is 40.8 Å². The highest BCUT2D eigenvalue weighted by Gasteiger charge is 2.18. The second-order valence-corrected chi connectivity index (χ2v) is 6.91. The largest absolute Gasteiger partial charge is 0.497 e. The molecule has 1 aromatic heterocycles. The number of carbonyl (C=O) groups excluding carboxylic acids is 1. The monoisotopic (exact) mass is 419 g/mol. The van der Waals surface area contributed by atoms with Crippen LogP contribution in [0.25, 0.3) is 11.4 Å². The minimum absolute atomic E-state index is 0.0975. The number of rotatable bonds is 7. The predicted molar refractivity (Wildman–Crippen MR) is 110 cm³/mol. The van der Waals surface area contributed by atoms with E-state index in [1.54, 1.807) is 56.7 Å². The zero-order valence-corrected chi connectivity index (χ0v) is 16.8. The lowest BCUT2D eigenvalue weighted by atomic mass is 10.2. The molecule has 2 aromatic carbocycles. The molecule has 0 bridgehead atoms. The number of nitrogens with one attached hydrogen (secondary N) is 1. The third-order valence-corrected chi connectivity index (χ3v) is 5.07. The van der Waals surface area contributed by atoms with Crippen LogP contribution in [0.5, 0.6) is 11.5 Å². The Balaban J connectivity index is 1.72. The van der Waals surface area contributed by atoms with E-state index < -0.39 is 0 Å². The van der Waals surface area contributed by atoms with E-state index in [1.165, 1.54) is 4.68 Å². The first-order chi connectivity index (χ1) is 13.5. The van der Waals surface area contributed by atoms with Gasteiger partial charge in [0.05, 0.1) is 36.2 Å². The number of amides is 1. The van der Waals surface area contributed by atoms with Crippen molar-refractivity contribution in [2.24, 2.45) is 0 Å². The van der Waals surface area contributed by atoms with Gasteiger partial charge in [-0.3, -0.25) is 4.79 Å². The number of benzene rings is 2. The first kappa shape index (κ1) is 19.8. The lowest BCUT2D eigenvalue weighted by Gasteiger charge is -2.10. The molecule has 0 saturated carbocycles. The Morgan fingerprint density at radius 3 is 2.71 bits per heavy atom. The van der Waals surface area contributed by atoms with Crippen LogP contribution >= 0.6 is 23.4 Å². The maximum atomic E-state index is 12.2. The Hall–Kier alpha value is -2.91. The van der Waals surface area contributed by atoms with Gasteiger partial charge in [0.25, 0.3) is 0 Å². The summed E-state index contributed by atoms with van der Waals surface area (Å²) in [5.74, 6) is 7.60. The molecule has 0 aliphatic carbocycles. The van der Waals surface area contributed by atoms with Gasteiger partial charge in [-0.25, -0.2) is 4.68 Å². The summed E-state index contributed by atoms with van der Waals surface area (Å²) in [6.45, 7) is 0. The molecule has 0 radical (unpaired) electrons. The number of nitrogens with zero attached hydrogens (tertiary/aromatic N) is 3. The minimum Gasteiger partial charge on any atom is -0.497 e. The second-order valence-electron chi connectivity index (χ2n) is 5.56. The number of hydrogen-bond donors (Lipinski definition) is 2. The first-order valence-electron chi connectivity index (χ1n) is 8.13. The summed E-state index contributed by atoms with van der Waals surface area (Å²) in [6.07, 6.45) is 0. The minimum atomic E-state index is -0.232. The van der Waals surface area contributed by atoms with Gasteiger partial charge < -0.3 is 20.6 Å². The highest BCUT2D eigenvalue weighted by atomic mass is 35.5. The SMILES string of the molecule is COc1ccc(-c2nnc(SCC(=O)Nc3ccccc3Cl)n2N)c(OC)c1. The molecule has 1 heterocycles. The van der Waals surface area contributed by atoms with Crippen molar-refractivity contribution in [2.45, 2.75) is 5.16 Å². The number of carbonyl (C=O) groups is 1. The molecular weight excluding hydrogens is 402 g/mol. The Morgan fingerprint density at radius 1 is 1.21 bits per heavy atom. The lowest BCUT2D eigenvalue weighted by Crippen LogP contribution is -2.16. The predicted octanol–water partition coefficient (Wildman–Crippen LogP) is 3.06. The van der Waals surface area contributed by atoms with Gasteiger partial charge in [0.1, 0.15) is 11.5 Å². The molecule has 146 valence electrons. The lowest BCUT2D eigenvalue weighted by molar-refractivity contribution is -0.113. The number of aromatic nitrogens is 3. The molecular formula is C18H18ClN5O3S. The van der Waals surface area contributed by atoms with E-state index in [4.69, 9.17) is 26.9 Å². The van der Waals surface area contributed by atoms with Crippen molar-refractivity contribution in [3.05, 3.63) is 47.5 Å². The highest BCUT2D eigenvalue weighted by molar-refractivity contribution is 7.99. The standard InChI is InChI=1S/C18H18ClN5O3S/c1-26-11-7-8-12(15(9-11)27-2)17-22-23-18(24(17)20)28-10-16(25)21-14-6-4-3-5-13(14)19/h3-9H,10,20H2,1-2H3,(H,21,25). The Bertz CT molecular complexity index is 995. The van der Waals surface area contributed by atoms with E-state index in [0.717, 1.165) is 11.8 Å². The van der Waals surface area contributed by atoms with Crippen LogP contribution in [0, 0.1) is 0 Å². The van der Waals surface area contributed by atoms with Gasteiger partial charge in [-0.2, -0.15) is 0 Å². The zero-order chi connectivity index (χ0) is 20.1. The average Bonchev–Trinajstić information content (AvgIpc) is 3.07. The van der Waals surface area contributed by atoms with Crippen molar-refractivity contribution in [3.63, 3.8) is 0 Å². The molecule has 0 unspecified atom stereocenters. The van der Waals surface area contributed by atoms with E-state index >= 15 is 0 Å². The van der Waals surface area contributed by atoms with Gasteiger partial charge in [0.2, 0.25) is 11.1 Å². The van der Waals surface area contributed by atoms with Crippen LogP contribution in [0.2, 0.25) is 5.02 Å². The van der Waals surface area contributed by atoms with Crippen molar-refractivity contribution in [1.29, 1.82) is 0 Å². The topological polar surface area (TPSA) is 104 Å². The quantitative estimate of drug-likeness (QED) is 0.448. The van der Waals surface area contributed by atoms with Crippen molar-refractivity contribution >= 4 is 35.0 Å². The van der Waals surface area contributed by atoms with Crippen LogP contribution < -0.4 is 20.6 Å². The van der Waals surface area contributed by atoms with E-state index in [-0.39, 0.29) is 11.7 Å².